The lowest BCUT2D eigenvalue weighted by atomic mass is 10.1. The fraction of sp³-hybridized carbons (Fsp3) is 0.647. The zero-order chi connectivity index (χ0) is 16.2. The first-order valence-electron chi connectivity index (χ1n) is 8.36. The third-order valence-corrected chi connectivity index (χ3v) is 8.68. The topological polar surface area (TPSA) is 22.1 Å². The standard InChI is InChI=1S/C17H31N4P/c1-6-20(7-2)22(18-4)19(5)13-8-14-21(22)15-17-11-9-16(3)10-12-17/h9-12H,6-8,13-15H2,1-5H3. The van der Waals surface area contributed by atoms with E-state index in [1.807, 2.05) is 7.05 Å². The highest BCUT2D eigenvalue weighted by Crippen LogP contribution is 2.60. The van der Waals surface area contributed by atoms with Crippen molar-refractivity contribution in [2.45, 2.75) is 33.7 Å². The van der Waals surface area contributed by atoms with Crippen LogP contribution in [0.1, 0.15) is 31.4 Å². The SMILES string of the molecule is CCN(CC)P1(=NC)N(C)CCCN1Cc1ccc(C)cc1. The maximum absolute atomic E-state index is 4.99. The van der Waals surface area contributed by atoms with Crippen LogP contribution in [0.5, 0.6) is 0 Å². The summed E-state index contributed by atoms with van der Waals surface area (Å²) in [7, 11) is 2.53. The van der Waals surface area contributed by atoms with Crippen molar-refractivity contribution in [3.8, 4) is 0 Å². The average molecular weight is 322 g/mol. The predicted octanol–water partition coefficient (Wildman–Crippen LogP) is 4.05. The number of benzene rings is 1. The van der Waals surface area contributed by atoms with Gasteiger partial charge in [-0.15, -0.1) is 0 Å². The molecule has 1 heterocycles. The van der Waals surface area contributed by atoms with Crippen molar-refractivity contribution >= 4 is 7.51 Å². The molecule has 0 bridgehead atoms. The summed E-state index contributed by atoms with van der Waals surface area (Å²) in [5, 5.41) is 0. The van der Waals surface area contributed by atoms with Crippen LogP contribution < -0.4 is 0 Å². The van der Waals surface area contributed by atoms with Crippen molar-refractivity contribution in [2.75, 3.05) is 40.3 Å². The number of hydrogen-bond donors (Lipinski definition) is 0. The van der Waals surface area contributed by atoms with Crippen LogP contribution in [-0.2, 0) is 6.54 Å². The molecule has 0 spiro atoms. The number of hydrogen-bond acceptors (Lipinski definition) is 1. The monoisotopic (exact) mass is 322 g/mol. The van der Waals surface area contributed by atoms with Crippen molar-refractivity contribution in [3.05, 3.63) is 35.4 Å². The third kappa shape index (κ3) is 3.30. The summed E-state index contributed by atoms with van der Waals surface area (Å²) >= 11 is 0. The Labute approximate surface area is 136 Å². The smallest absolute Gasteiger partial charge is 0.167 e. The number of nitrogens with zero attached hydrogens (tertiary/aromatic N) is 4. The summed E-state index contributed by atoms with van der Waals surface area (Å²) in [6.07, 6.45) is 1.22. The van der Waals surface area contributed by atoms with Crippen LogP contribution in [0.2, 0.25) is 0 Å². The average Bonchev–Trinajstić information content (AvgIpc) is 2.53. The minimum atomic E-state index is -1.73. The molecular weight excluding hydrogens is 291 g/mol. The van der Waals surface area contributed by atoms with Crippen LogP contribution in [0.15, 0.2) is 29.0 Å². The van der Waals surface area contributed by atoms with Crippen molar-refractivity contribution in [2.24, 2.45) is 4.74 Å². The molecule has 1 aromatic carbocycles. The Morgan fingerprint density at radius 2 is 1.77 bits per heavy atom. The Bertz CT molecular complexity index is 522. The van der Waals surface area contributed by atoms with Crippen LogP contribution in [0, 0.1) is 6.92 Å². The molecule has 4 nitrogen and oxygen atoms in total. The fourth-order valence-electron chi connectivity index (χ4n) is 3.45. The Hall–Kier alpha value is -0.670. The molecular formula is C17H31N4P. The van der Waals surface area contributed by atoms with Gasteiger partial charge in [0.2, 0.25) is 0 Å². The fourth-order valence-corrected chi connectivity index (χ4v) is 7.41. The van der Waals surface area contributed by atoms with E-state index in [1.165, 1.54) is 17.5 Å². The van der Waals surface area contributed by atoms with Gasteiger partial charge in [0.1, 0.15) is 0 Å². The molecule has 1 unspecified atom stereocenters. The van der Waals surface area contributed by atoms with Crippen molar-refractivity contribution in [1.29, 1.82) is 0 Å². The van der Waals surface area contributed by atoms with E-state index in [9.17, 15) is 0 Å². The molecule has 0 saturated carbocycles. The summed E-state index contributed by atoms with van der Waals surface area (Å²) in [4.78, 5) is 0. The van der Waals surface area contributed by atoms with E-state index in [2.05, 4.69) is 66.1 Å². The van der Waals surface area contributed by atoms with Gasteiger partial charge in [-0.2, -0.15) is 0 Å². The highest BCUT2D eigenvalue weighted by Gasteiger charge is 2.38. The largest absolute Gasteiger partial charge is 0.264 e. The molecule has 0 aliphatic carbocycles. The second-order valence-electron chi connectivity index (χ2n) is 5.98. The van der Waals surface area contributed by atoms with Crippen LogP contribution in [-0.4, -0.2) is 54.3 Å². The summed E-state index contributed by atoms with van der Waals surface area (Å²) in [5.41, 5.74) is 2.71. The van der Waals surface area contributed by atoms with Gasteiger partial charge in [-0.1, -0.05) is 43.7 Å². The molecule has 124 valence electrons. The molecule has 0 radical (unpaired) electrons. The lowest BCUT2D eigenvalue weighted by Crippen LogP contribution is -2.44. The molecule has 0 amide bonds. The summed E-state index contributed by atoms with van der Waals surface area (Å²) < 4.78 is 12.7. The molecule has 22 heavy (non-hydrogen) atoms. The molecule has 0 N–H and O–H groups in total. The van der Waals surface area contributed by atoms with E-state index in [-0.39, 0.29) is 0 Å². The summed E-state index contributed by atoms with van der Waals surface area (Å²) in [5.74, 6) is 0. The van der Waals surface area contributed by atoms with Crippen molar-refractivity contribution in [3.63, 3.8) is 0 Å². The Balaban J connectivity index is 2.35. The minimum Gasteiger partial charge on any atom is -0.264 e. The van der Waals surface area contributed by atoms with Gasteiger partial charge in [-0.25, -0.2) is 14.0 Å². The Morgan fingerprint density at radius 3 is 2.32 bits per heavy atom. The lowest BCUT2D eigenvalue weighted by Gasteiger charge is -2.50. The van der Waals surface area contributed by atoms with Gasteiger partial charge in [-0.05, 0) is 26.0 Å². The molecule has 5 heteroatoms. The molecule has 1 aliphatic heterocycles. The first kappa shape index (κ1) is 17.7. The maximum Gasteiger partial charge on any atom is 0.167 e. The Morgan fingerprint density at radius 1 is 1.14 bits per heavy atom. The van der Waals surface area contributed by atoms with Crippen LogP contribution in [0.4, 0.5) is 0 Å². The molecule has 1 aliphatic rings. The van der Waals surface area contributed by atoms with Gasteiger partial charge in [0.25, 0.3) is 0 Å². The second-order valence-corrected chi connectivity index (χ2v) is 9.27. The molecule has 1 fully saturated rings. The molecule has 2 rings (SSSR count). The third-order valence-electron chi connectivity index (χ3n) is 4.60. The van der Waals surface area contributed by atoms with Crippen LogP contribution in [0.25, 0.3) is 0 Å². The number of rotatable bonds is 5. The zero-order valence-electron chi connectivity index (χ0n) is 14.8. The first-order valence-corrected chi connectivity index (χ1v) is 9.96. The second kappa shape index (κ2) is 7.74. The van der Waals surface area contributed by atoms with Gasteiger partial charge in [0.15, 0.2) is 7.51 Å². The summed E-state index contributed by atoms with van der Waals surface area (Å²) in [6.45, 7) is 12.0. The van der Waals surface area contributed by atoms with E-state index < -0.39 is 7.51 Å². The van der Waals surface area contributed by atoms with Gasteiger partial charge in [0.05, 0.1) is 0 Å². The van der Waals surface area contributed by atoms with Gasteiger partial charge in [0, 0.05) is 39.8 Å². The van der Waals surface area contributed by atoms with Crippen LogP contribution in [0.3, 0.4) is 0 Å². The number of aryl methyl sites for hydroxylation is 1. The van der Waals surface area contributed by atoms with E-state index >= 15 is 0 Å². The predicted molar refractivity (Wildman–Crippen MR) is 97.0 cm³/mol. The van der Waals surface area contributed by atoms with E-state index in [0.717, 1.165) is 32.7 Å². The highest BCUT2D eigenvalue weighted by atomic mass is 31.2. The maximum atomic E-state index is 4.99. The molecule has 0 aromatic heterocycles. The van der Waals surface area contributed by atoms with Crippen molar-refractivity contribution in [1.82, 2.24) is 14.0 Å². The summed E-state index contributed by atoms with van der Waals surface area (Å²) in [6, 6.07) is 8.94. The highest BCUT2D eigenvalue weighted by molar-refractivity contribution is 7.59. The van der Waals surface area contributed by atoms with Crippen LogP contribution >= 0.6 is 7.51 Å². The lowest BCUT2D eigenvalue weighted by molar-refractivity contribution is 0.285. The van der Waals surface area contributed by atoms with E-state index in [4.69, 9.17) is 4.74 Å². The van der Waals surface area contributed by atoms with E-state index in [0.29, 0.717) is 0 Å². The van der Waals surface area contributed by atoms with E-state index in [1.54, 1.807) is 0 Å². The van der Waals surface area contributed by atoms with Gasteiger partial charge < -0.3 is 0 Å². The quantitative estimate of drug-likeness (QED) is 0.764. The minimum absolute atomic E-state index is 0.992. The molecule has 1 saturated heterocycles. The molecule has 1 aromatic rings. The Kier molecular flexibility index (Phi) is 6.22. The first-order chi connectivity index (χ1) is 10.6. The van der Waals surface area contributed by atoms with Gasteiger partial charge in [-0.3, -0.25) is 4.74 Å². The van der Waals surface area contributed by atoms with Crippen molar-refractivity contribution < 1.29 is 0 Å². The normalized spacial score (nSPS) is 23.9. The zero-order valence-corrected chi connectivity index (χ0v) is 15.7. The van der Waals surface area contributed by atoms with Gasteiger partial charge >= 0.3 is 0 Å². The molecule has 1 atom stereocenters.